The first kappa shape index (κ1) is 13.2. The van der Waals surface area contributed by atoms with Crippen molar-refractivity contribution in [1.29, 1.82) is 0 Å². The number of anilines is 1. The Bertz CT molecular complexity index is 463. The van der Waals surface area contributed by atoms with Gasteiger partial charge in [0.15, 0.2) is 0 Å². The Balaban J connectivity index is 2.01. The fraction of sp³-hybridized carbons (Fsp3) is 0.385. The third-order valence-corrected chi connectivity index (χ3v) is 3.18. The van der Waals surface area contributed by atoms with Gasteiger partial charge in [-0.2, -0.15) is 0 Å². The van der Waals surface area contributed by atoms with Crippen LogP contribution in [0.3, 0.4) is 0 Å². The number of nitrogens with one attached hydrogen (secondary N) is 1. The molecule has 1 aliphatic rings. The lowest BCUT2D eigenvalue weighted by Gasteiger charge is -2.26. The summed E-state index contributed by atoms with van der Waals surface area (Å²) in [6, 6.07) is 8.70. The van der Waals surface area contributed by atoms with E-state index < -0.39 is 12.1 Å². The number of carbonyl (C=O) groups excluding carboxylic acids is 1. The molecule has 1 aromatic carbocycles. The second-order valence-corrected chi connectivity index (χ2v) is 4.51. The zero-order valence-electron chi connectivity index (χ0n) is 10.7. The lowest BCUT2D eigenvalue weighted by Crippen LogP contribution is -2.47. The van der Waals surface area contributed by atoms with Gasteiger partial charge >= 0.3 is 6.09 Å². The average Bonchev–Trinajstić information content (AvgIpc) is 2.88. The van der Waals surface area contributed by atoms with Gasteiger partial charge in [0.25, 0.3) is 5.91 Å². The van der Waals surface area contributed by atoms with Crippen LogP contribution in [0.2, 0.25) is 0 Å². The molecular formula is C13H17N3O3. The highest BCUT2D eigenvalue weighted by atomic mass is 16.4. The molecule has 0 bridgehead atoms. The molecule has 1 fully saturated rings. The molecule has 2 rings (SSSR count). The summed E-state index contributed by atoms with van der Waals surface area (Å²) in [6.07, 6.45) is 0.261. The van der Waals surface area contributed by atoms with Crippen molar-refractivity contribution >= 4 is 17.7 Å². The van der Waals surface area contributed by atoms with Crippen LogP contribution in [-0.2, 0) is 4.79 Å². The number of rotatable bonds is 3. The van der Waals surface area contributed by atoms with Crippen molar-refractivity contribution in [3.05, 3.63) is 30.3 Å². The molecule has 2 N–H and O–H groups in total. The van der Waals surface area contributed by atoms with Crippen LogP contribution in [0.4, 0.5) is 10.5 Å². The minimum Gasteiger partial charge on any atom is -0.465 e. The van der Waals surface area contributed by atoms with Crippen molar-refractivity contribution in [2.45, 2.75) is 18.9 Å². The van der Waals surface area contributed by atoms with E-state index in [0.29, 0.717) is 13.0 Å². The zero-order chi connectivity index (χ0) is 13.8. The van der Waals surface area contributed by atoms with Crippen LogP contribution < -0.4 is 5.43 Å². The first-order chi connectivity index (χ1) is 9.09. The zero-order valence-corrected chi connectivity index (χ0v) is 10.7. The second kappa shape index (κ2) is 5.60. The molecule has 0 radical (unpaired) electrons. The van der Waals surface area contributed by atoms with Crippen LogP contribution in [0, 0.1) is 0 Å². The molecule has 19 heavy (non-hydrogen) atoms. The van der Waals surface area contributed by atoms with Crippen molar-refractivity contribution in [2.75, 3.05) is 19.0 Å². The highest BCUT2D eigenvalue weighted by Crippen LogP contribution is 2.19. The Morgan fingerprint density at radius 1 is 1.37 bits per heavy atom. The molecule has 1 atom stereocenters. The van der Waals surface area contributed by atoms with Gasteiger partial charge in [0.1, 0.15) is 6.04 Å². The molecule has 1 heterocycles. The van der Waals surface area contributed by atoms with E-state index in [1.165, 1.54) is 9.91 Å². The maximum absolute atomic E-state index is 12.2. The predicted octanol–water partition coefficient (Wildman–Crippen LogP) is 1.61. The average molecular weight is 263 g/mol. The van der Waals surface area contributed by atoms with Crippen molar-refractivity contribution in [1.82, 2.24) is 9.91 Å². The summed E-state index contributed by atoms with van der Waals surface area (Å²) in [6.45, 7) is 0.422. The number of benzene rings is 1. The van der Waals surface area contributed by atoms with Crippen LogP contribution in [0.25, 0.3) is 0 Å². The highest BCUT2D eigenvalue weighted by Gasteiger charge is 2.35. The Kier molecular flexibility index (Phi) is 3.89. The number of hydrogen-bond donors (Lipinski definition) is 2. The topological polar surface area (TPSA) is 72.9 Å². The number of carbonyl (C=O) groups is 2. The van der Waals surface area contributed by atoms with Gasteiger partial charge in [-0.05, 0) is 25.0 Å². The van der Waals surface area contributed by atoms with E-state index >= 15 is 0 Å². The van der Waals surface area contributed by atoms with Gasteiger partial charge in [0.05, 0.1) is 5.69 Å². The molecule has 0 aromatic heterocycles. The van der Waals surface area contributed by atoms with Gasteiger partial charge < -0.3 is 5.11 Å². The molecule has 2 amide bonds. The van der Waals surface area contributed by atoms with Crippen LogP contribution in [0.1, 0.15) is 12.8 Å². The van der Waals surface area contributed by atoms with E-state index in [-0.39, 0.29) is 5.91 Å². The number of likely N-dealkylation sites (N-methyl/N-ethyl adjacent to an activating group) is 1. The largest absolute Gasteiger partial charge is 0.465 e. The van der Waals surface area contributed by atoms with E-state index in [2.05, 4.69) is 5.43 Å². The lowest BCUT2D eigenvalue weighted by atomic mass is 10.2. The summed E-state index contributed by atoms with van der Waals surface area (Å²) in [5.41, 5.74) is 3.73. The smallest absolute Gasteiger partial charge is 0.407 e. The van der Waals surface area contributed by atoms with E-state index in [9.17, 15) is 9.59 Å². The van der Waals surface area contributed by atoms with Crippen molar-refractivity contribution in [3.8, 4) is 0 Å². The van der Waals surface area contributed by atoms with Crippen molar-refractivity contribution in [3.63, 3.8) is 0 Å². The van der Waals surface area contributed by atoms with E-state index in [0.717, 1.165) is 12.1 Å². The summed E-state index contributed by atoms with van der Waals surface area (Å²) < 4.78 is 0. The normalized spacial score (nSPS) is 18.2. The molecule has 102 valence electrons. The highest BCUT2D eigenvalue weighted by molar-refractivity contribution is 5.86. The SMILES string of the molecule is CN(Nc1ccccc1)C(=O)[C@H]1CCCN1C(=O)O. The maximum Gasteiger partial charge on any atom is 0.407 e. The fourth-order valence-corrected chi connectivity index (χ4v) is 2.24. The Morgan fingerprint density at radius 2 is 2.05 bits per heavy atom. The molecule has 0 spiro atoms. The molecule has 0 aliphatic carbocycles. The van der Waals surface area contributed by atoms with Gasteiger partial charge in [-0.1, -0.05) is 18.2 Å². The van der Waals surface area contributed by atoms with Crippen molar-refractivity contribution < 1.29 is 14.7 Å². The van der Waals surface area contributed by atoms with Crippen LogP contribution >= 0.6 is 0 Å². The molecule has 1 aliphatic heterocycles. The van der Waals surface area contributed by atoms with E-state index in [1.54, 1.807) is 7.05 Å². The quantitative estimate of drug-likeness (QED) is 0.813. The summed E-state index contributed by atoms with van der Waals surface area (Å²) in [4.78, 5) is 24.5. The second-order valence-electron chi connectivity index (χ2n) is 4.51. The summed E-state index contributed by atoms with van der Waals surface area (Å²) >= 11 is 0. The van der Waals surface area contributed by atoms with Gasteiger partial charge in [0.2, 0.25) is 0 Å². The number of hydrazine groups is 1. The summed E-state index contributed by atoms with van der Waals surface area (Å²) in [7, 11) is 1.60. The number of carboxylic acid groups (broad SMARTS) is 1. The molecule has 1 saturated heterocycles. The van der Waals surface area contributed by atoms with Gasteiger partial charge in [-0.15, -0.1) is 0 Å². The summed E-state index contributed by atoms with van der Waals surface area (Å²) in [5, 5.41) is 10.4. The third kappa shape index (κ3) is 2.96. The molecule has 1 aromatic rings. The van der Waals surface area contributed by atoms with Crippen molar-refractivity contribution in [2.24, 2.45) is 0 Å². The van der Waals surface area contributed by atoms with Gasteiger partial charge in [-0.25, -0.2) is 4.79 Å². The Labute approximate surface area is 111 Å². The number of nitrogens with zero attached hydrogens (tertiary/aromatic N) is 2. The fourth-order valence-electron chi connectivity index (χ4n) is 2.24. The van der Waals surface area contributed by atoms with Crippen LogP contribution in [0.5, 0.6) is 0 Å². The molecule has 0 saturated carbocycles. The standard InChI is InChI=1S/C13H17N3O3/c1-15(14-10-6-3-2-4-7-10)12(17)11-8-5-9-16(11)13(18)19/h2-4,6-7,11,14H,5,8-9H2,1H3,(H,18,19)/t11-/m1/s1. The number of hydrogen-bond acceptors (Lipinski definition) is 3. The van der Waals surface area contributed by atoms with E-state index in [1.807, 2.05) is 30.3 Å². The molecule has 6 nitrogen and oxygen atoms in total. The molecule has 0 unspecified atom stereocenters. The third-order valence-electron chi connectivity index (χ3n) is 3.18. The Hall–Kier alpha value is -2.24. The maximum atomic E-state index is 12.2. The minimum atomic E-state index is -1.04. The monoisotopic (exact) mass is 263 g/mol. The minimum absolute atomic E-state index is 0.233. The number of amides is 2. The molecular weight excluding hydrogens is 246 g/mol. The number of para-hydroxylation sites is 1. The van der Waals surface area contributed by atoms with Crippen LogP contribution in [0.15, 0.2) is 30.3 Å². The predicted molar refractivity (Wildman–Crippen MR) is 70.6 cm³/mol. The Morgan fingerprint density at radius 3 is 2.68 bits per heavy atom. The summed E-state index contributed by atoms with van der Waals surface area (Å²) in [5.74, 6) is -0.233. The van der Waals surface area contributed by atoms with Gasteiger partial charge in [-0.3, -0.25) is 20.1 Å². The molecule has 6 heteroatoms. The van der Waals surface area contributed by atoms with Gasteiger partial charge in [0, 0.05) is 13.6 Å². The first-order valence-corrected chi connectivity index (χ1v) is 6.18. The van der Waals surface area contributed by atoms with Crippen LogP contribution in [-0.4, -0.2) is 46.7 Å². The van der Waals surface area contributed by atoms with E-state index in [4.69, 9.17) is 5.11 Å². The number of likely N-dealkylation sites (tertiary alicyclic amines) is 1. The first-order valence-electron chi connectivity index (χ1n) is 6.18. The lowest BCUT2D eigenvalue weighted by molar-refractivity contribution is -0.132.